The van der Waals surface area contributed by atoms with Crippen molar-refractivity contribution in [2.45, 2.75) is 31.2 Å². The summed E-state index contributed by atoms with van der Waals surface area (Å²) in [5, 5.41) is 3.54. The molecule has 0 unspecified atom stereocenters. The summed E-state index contributed by atoms with van der Waals surface area (Å²) >= 11 is 0. The first-order valence-electron chi connectivity index (χ1n) is 10.4. The Morgan fingerprint density at radius 3 is 2.79 bits per heavy atom. The fourth-order valence-electron chi connectivity index (χ4n) is 5.21. The molecule has 154 valence electrons. The van der Waals surface area contributed by atoms with E-state index in [1.54, 1.807) is 12.1 Å². The van der Waals surface area contributed by atoms with Gasteiger partial charge in [0.05, 0.1) is 11.4 Å². The van der Waals surface area contributed by atoms with Crippen LogP contribution in [0.15, 0.2) is 42.5 Å². The van der Waals surface area contributed by atoms with Crippen LogP contribution in [0, 0.1) is 5.82 Å². The van der Waals surface area contributed by atoms with Gasteiger partial charge in [-0.3, -0.25) is 4.79 Å². The Balaban J connectivity index is 0.00000205. The molecule has 0 aromatic heterocycles. The van der Waals surface area contributed by atoms with Gasteiger partial charge in [0.25, 0.3) is 0 Å². The van der Waals surface area contributed by atoms with Gasteiger partial charge in [-0.2, -0.15) is 0 Å². The monoisotopic (exact) mass is 415 g/mol. The quantitative estimate of drug-likeness (QED) is 0.738. The van der Waals surface area contributed by atoms with Gasteiger partial charge in [0.1, 0.15) is 5.82 Å². The largest absolute Gasteiger partial charge is 0.382 e. The molecule has 3 aliphatic heterocycles. The molecule has 1 N–H and O–H groups in total. The first kappa shape index (κ1) is 20.2. The number of anilines is 2. The minimum Gasteiger partial charge on any atom is -0.382 e. The molecule has 0 amide bonds. The molecule has 0 spiro atoms. The number of hydrogen-bond donors (Lipinski definition) is 1. The number of benzene rings is 2. The number of ketones is 1. The van der Waals surface area contributed by atoms with Gasteiger partial charge >= 0.3 is 0 Å². The van der Waals surface area contributed by atoms with Gasteiger partial charge in [-0.15, -0.1) is 12.4 Å². The zero-order valence-electron chi connectivity index (χ0n) is 16.4. The van der Waals surface area contributed by atoms with Crippen LogP contribution in [0.1, 0.15) is 41.1 Å². The number of rotatable bonds is 5. The fourth-order valence-corrected chi connectivity index (χ4v) is 5.21. The Bertz CT molecular complexity index is 888. The van der Waals surface area contributed by atoms with Gasteiger partial charge in [-0.05, 0) is 55.3 Å². The van der Waals surface area contributed by atoms with E-state index in [0.717, 1.165) is 39.1 Å². The van der Waals surface area contributed by atoms with Crippen LogP contribution < -0.4 is 10.2 Å². The lowest BCUT2D eigenvalue weighted by Gasteiger charge is -2.40. The maximum absolute atomic E-state index is 13.0. The number of fused-ring (bicyclic) bond motifs is 3. The van der Waals surface area contributed by atoms with Crippen LogP contribution >= 0.6 is 12.4 Å². The lowest BCUT2D eigenvalue weighted by atomic mass is 9.89. The van der Waals surface area contributed by atoms with E-state index in [-0.39, 0.29) is 24.0 Å². The van der Waals surface area contributed by atoms with Gasteiger partial charge < -0.3 is 15.1 Å². The SMILES string of the molecule is Cl.O=C(CCCN1CC[C@H]2[C@@H](C1)c1cccc3c1N2CCN3)c1ccc(F)cc1. The number of halogens is 2. The second kappa shape index (κ2) is 8.33. The Labute approximate surface area is 177 Å². The van der Waals surface area contributed by atoms with Crippen LogP contribution in [0.25, 0.3) is 0 Å². The average Bonchev–Trinajstić information content (AvgIpc) is 3.04. The molecule has 29 heavy (non-hydrogen) atoms. The number of likely N-dealkylation sites (tertiary alicyclic amines) is 1. The van der Waals surface area contributed by atoms with Gasteiger partial charge in [-0.25, -0.2) is 4.39 Å². The van der Waals surface area contributed by atoms with E-state index in [9.17, 15) is 9.18 Å². The van der Waals surface area contributed by atoms with Crippen molar-refractivity contribution in [3.63, 3.8) is 0 Å². The molecule has 4 nitrogen and oxygen atoms in total. The van der Waals surface area contributed by atoms with E-state index in [4.69, 9.17) is 0 Å². The Hall–Kier alpha value is -2.11. The zero-order chi connectivity index (χ0) is 19.1. The predicted molar refractivity (Wildman–Crippen MR) is 117 cm³/mol. The topological polar surface area (TPSA) is 35.6 Å². The Morgan fingerprint density at radius 1 is 1.14 bits per heavy atom. The number of nitrogens with zero attached hydrogens (tertiary/aromatic N) is 2. The molecule has 2 atom stereocenters. The van der Waals surface area contributed by atoms with Crippen LogP contribution in [0.2, 0.25) is 0 Å². The van der Waals surface area contributed by atoms with E-state index in [0.29, 0.717) is 23.9 Å². The van der Waals surface area contributed by atoms with Crippen LogP contribution in [0.4, 0.5) is 15.8 Å². The number of Topliss-reactive ketones (excluding diaryl/α,β-unsaturated/α-hetero) is 1. The van der Waals surface area contributed by atoms with E-state index >= 15 is 0 Å². The van der Waals surface area contributed by atoms with Crippen molar-refractivity contribution in [3.8, 4) is 0 Å². The molecular formula is C23H27ClFN3O. The Kier molecular flexibility index (Phi) is 5.79. The van der Waals surface area contributed by atoms with Crippen molar-refractivity contribution in [2.24, 2.45) is 0 Å². The number of piperidine rings is 1. The molecule has 2 aromatic rings. The standard InChI is InChI=1S/C23H26FN3O.ClH/c24-17-8-6-16(7-9-17)22(28)5-2-12-26-13-10-21-19(15-26)18-3-1-4-20-23(18)27(21)14-11-25-20;/h1,3-4,6-9,19,21,25H,2,5,10-15H2;1H/t19-,21-;/m0./s1. The van der Waals surface area contributed by atoms with Gasteiger partial charge in [0.2, 0.25) is 0 Å². The summed E-state index contributed by atoms with van der Waals surface area (Å²) in [7, 11) is 0. The van der Waals surface area contributed by atoms with Crippen LogP contribution in [0.3, 0.4) is 0 Å². The smallest absolute Gasteiger partial charge is 0.162 e. The molecule has 3 heterocycles. The lowest BCUT2D eigenvalue weighted by Crippen LogP contribution is -2.48. The summed E-state index contributed by atoms with van der Waals surface area (Å²) in [5.41, 5.74) is 4.81. The molecule has 1 fully saturated rings. The number of nitrogens with one attached hydrogen (secondary N) is 1. The van der Waals surface area contributed by atoms with E-state index in [1.807, 2.05) is 0 Å². The van der Waals surface area contributed by atoms with Gasteiger partial charge in [0, 0.05) is 50.1 Å². The highest BCUT2D eigenvalue weighted by molar-refractivity contribution is 5.95. The molecule has 6 heteroatoms. The van der Waals surface area contributed by atoms with Crippen molar-refractivity contribution in [3.05, 3.63) is 59.4 Å². The van der Waals surface area contributed by atoms with E-state index < -0.39 is 0 Å². The summed E-state index contributed by atoms with van der Waals surface area (Å²) in [5.74, 6) is 0.373. The minimum atomic E-state index is -0.298. The van der Waals surface area contributed by atoms with Crippen LogP contribution in [-0.4, -0.2) is 49.4 Å². The van der Waals surface area contributed by atoms with Gasteiger partial charge in [0.15, 0.2) is 5.78 Å². The van der Waals surface area contributed by atoms with Crippen molar-refractivity contribution < 1.29 is 9.18 Å². The van der Waals surface area contributed by atoms with E-state index in [2.05, 4.69) is 33.3 Å². The third-order valence-corrected chi connectivity index (χ3v) is 6.53. The van der Waals surface area contributed by atoms with Crippen molar-refractivity contribution in [1.82, 2.24) is 4.90 Å². The number of carbonyl (C=O) groups is 1. The molecule has 5 rings (SSSR count). The highest BCUT2D eigenvalue weighted by atomic mass is 35.5. The maximum Gasteiger partial charge on any atom is 0.162 e. The number of hydrogen-bond acceptors (Lipinski definition) is 4. The summed E-state index contributed by atoms with van der Waals surface area (Å²) in [6, 6.07) is 13.2. The molecule has 0 bridgehead atoms. The molecule has 3 aliphatic rings. The summed E-state index contributed by atoms with van der Waals surface area (Å²) in [4.78, 5) is 17.5. The number of carbonyl (C=O) groups excluding carboxylic acids is 1. The molecule has 1 saturated heterocycles. The summed E-state index contributed by atoms with van der Waals surface area (Å²) in [6.45, 7) is 5.23. The normalized spacial score (nSPS) is 22.3. The average molecular weight is 416 g/mol. The van der Waals surface area contributed by atoms with E-state index in [1.165, 1.54) is 35.5 Å². The zero-order valence-corrected chi connectivity index (χ0v) is 17.3. The van der Waals surface area contributed by atoms with Crippen LogP contribution in [-0.2, 0) is 0 Å². The highest BCUT2D eigenvalue weighted by Gasteiger charge is 2.43. The number of para-hydroxylation sites is 1. The first-order chi connectivity index (χ1) is 13.7. The molecule has 2 aromatic carbocycles. The van der Waals surface area contributed by atoms with Crippen molar-refractivity contribution >= 4 is 29.6 Å². The Morgan fingerprint density at radius 2 is 1.97 bits per heavy atom. The summed E-state index contributed by atoms with van der Waals surface area (Å²) < 4.78 is 13.0. The van der Waals surface area contributed by atoms with Crippen molar-refractivity contribution in [2.75, 3.05) is 42.9 Å². The second-order valence-electron chi connectivity index (χ2n) is 8.16. The lowest BCUT2D eigenvalue weighted by molar-refractivity contribution is 0.0971. The third-order valence-electron chi connectivity index (χ3n) is 6.53. The first-order valence-corrected chi connectivity index (χ1v) is 10.4. The summed E-state index contributed by atoms with van der Waals surface area (Å²) in [6.07, 6.45) is 2.56. The maximum atomic E-state index is 13.0. The highest BCUT2D eigenvalue weighted by Crippen LogP contribution is 2.49. The fraction of sp³-hybridized carbons (Fsp3) is 0.435. The van der Waals surface area contributed by atoms with Gasteiger partial charge in [-0.1, -0.05) is 12.1 Å². The molecular weight excluding hydrogens is 389 g/mol. The van der Waals surface area contributed by atoms with Crippen molar-refractivity contribution in [1.29, 1.82) is 0 Å². The molecule has 0 aliphatic carbocycles. The third kappa shape index (κ3) is 3.74. The second-order valence-corrected chi connectivity index (χ2v) is 8.16. The molecule has 0 radical (unpaired) electrons. The van der Waals surface area contributed by atoms with Crippen LogP contribution in [0.5, 0.6) is 0 Å². The molecule has 0 saturated carbocycles. The minimum absolute atomic E-state index is 0. The predicted octanol–water partition coefficient (Wildman–Crippen LogP) is 4.31.